The van der Waals surface area contributed by atoms with Crippen molar-refractivity contribution in [3.8, 4) is 0 Å². The Hall–Kier alpha value is -2.67. The largest absolute Gasteiger partial charge is 0.463 e. The van der Waals surface area contributed by atoms with Gasteiger partial charge >= 0.3 is 5.97 Å². The second kappa shape index (κ2) is 5.61. The molecule has 0 saturated carbocycles. The first-order valence-electron chi connectivity index (χ1n) is 6.14. The molecule has 0 radical (unpaired) electrons. The Labute approximate surface area is 128 Å². The molecule has 0 saturated heterocycles. The summed E-state index contributed by atoms with van der Waals surface area (Å²) in [4.78, 5) is 18.7. The topological polar surface area (TPSA) is 77.2 Å². The van der Waals surface area contributed by atoms with Crippen molar-refractivity contribution in [1.29, 1.82) is 0 Å². The van der Waals surface area contributed by atoms with E-state index in [1.54, 1.807) is 18.2 Å². The number of benzene rings is 1. The molecule has 0 atom stereocenters. The highest BCUT2D eigenvalue weighted by Crippen LogP contribution is 2.26. The summed E-state index contributed by atoms with van der Waals surface area (Å²) in [6.07, 6.45) is 0.976. The number of hydrogen-bond acceptors (Lipinski definition) is 6. The lowest BCUT2D eigenvalue weighted by atomic mass is 10.2. The lowest BCUT2D eigenvalue weighted by Crippen LogP contribution is -1.98. The summed E-state index contributed by atoms with van der Waals surface area (Å²) in [5.74, 6) is -1.16. The zero-order valence-corrected chi connectivity index (χ0v) is 12.0. The smallest absolute Gasteiger partial charge is 0.373 e. The molecule has 0 amide bonds. The molecule has 0 fully saturated rings. The van der Waals surface area contributed by atoms with E-state index in [0.29, 0.717) is 16.7 Å². The number of aromatic nitrogens is 2. The Balaban J connectivity index is 1.94. The van der Waals surface area contributed by atoms with E-state index in [1.807, 2.05) is 0 Å². The maximum atomic E-state index is 13.6. The van der Waals surface area contributed by atoms with E-state index in [1.165, 1.54) is 13.2 Å². The van der Waals surface area contributed by atoms with E-state index < -0.39 is 11.8 Å². The highest BCUT2D eigenvalue weighted by molar-refractivity contribution is 6.28. The molecule has 0 unspecified atom stereocenters. The molecule has 8 heteroatoms. The van der Waals surface area contributed by atoms with Gasteiger partial charge in [0.25, 0.3) is 0 Å². The van der Waals surface area contributed by atoms with E-state index in [9.17, 15) is 9.18 Å². The van der Waals surface area contributed by atoms with Crippen molar-refractivity contribution >= 4 is 40.0 Å². The van der Waals surface area contributed by atoms with Crippen LogP contribution in [0.5, 0.6) is 0 Å². The number of nitrogens with zero attached hydrogens (tertiary/aromatic N) is 2. The summed E-state index contributed by atoms with van der Waals surface area (Å²) in [6, 6.07) is 6.52. The fourth-order valence-electron chi connectivity index (χ4n) is 1.89. The molecule has 0 aliphatic heterocycles. The number of carbonyl (C=O) groups is 1. The summed E-state index contributed by atoms with van der Waals surface area (Å²) in [6.45, 7) is 0. The fourth-order valence-corrected chi connectivity index (χ4v) is 2.03. The van der Waals surface area contributed by atoms with Crippen molar-refractivity contribution < 1.29 is 18.3 Å². The number of anilines is 2. The third kappa shape index (κ3) is 2.71. The number of ether oxygens (including phenoxy) is 1. The van der Waals surface area contributed by atoms with Crippen LogP contribution in [-0.2, 0) is 4.74 Å². The number of hydrogen-bond donors (Lipinski definition) is 1. The Morgan fingerprint density at radius 3 is 3.00 bits per heavy atom. The van der Waals surface area contributed by atoms with Gasteiger partial charge in [-0.15, -0.1) is 0 Å². The number of furan rings is 1. The number of esters is 1. The van der Waals surface area contributed by atoms with Gasteiger partial charge in [0.05, 0.1) is 13.3 Å². The van der Waals surface area contributed by atoms with Gasteiger partial charge in [-0.25, -0.2) is 14.2 Å². The molecule has 1 N–H and O–H groups in total. The van der Waals surface area contributed by atoms with Crippen molar-refractivity contribution in [3.05, 3.63) is 47.3 Å². The lowest BCUT2D eigenvalue weighted by Gasteiger charge is -2.06. The predicted octanol–water partition coefficient (Wildman–Crippen LogP) is 3.55. The van der Waals surface area contributed by atoms with Gasteiger partial charge in [0.1, 0.15) is 5.58 Å². The molecular formula is C14H9ClFN3O3. The molecule has 1 aromatic carbocycles. The average molecular weight is 322 g/mol. The van der Waals surface area contributed by atoms with E-state index in [0.717, 1.165) is 6.20 Å². The van der Waals surface area contributed by atoms with Crippen LogP contribution in [0.4, 0.5) is 15.9 Å². The van der Waals surface area contributed by atoms with Crippen molar-refractivity contribution in [2.24, 2.45) is 0 Å². The molecule has 6 nitrogen and oxygen atoms in total. The number of halogens is 2. The quantitative estimate of drug-likeness (QED) is 0.587. The number of methoxy groups -OCH3 is 1. The van der Waals surface area contributed by atoms with Crippen LogP contribution in [0.1, 0.15) is 10.6 Å². The SMILES string of the molecule is COC(=O)c1cc2cc(Nc3nc(Cl)ncc3F)ccc2o1. The van der Waals surface area contributed by atoms with Crippen LogP contribution in [-0.4, -0.2) is 23.0 Å². The zero-order valence-electron chi connectivity index (χ0n) is 11.3. The van der Waals surface area contributed by atoms with Crippen molar-refractivity contribution in [2.45, 2.75) is 0 Å². The second-order valence-electron chi connectivity index (χ2n) is 4.32. The van der Waals surface area contributed by atoms with E-state index in [4.69, 9.17) is 16.0 Å². The number of rotatable bonds is 3. The van der Waals surface area contributed by atoms with Gasteiger partial charge < -0.3 is 14.5 Å². The average Bonchev–Trinajstić information content (AvgIpc) is 2.93. The Morgan fingerprint density at radius 2 is 2.23 bits per heavy atom. The van der Waals surface area contributed by atoms with Gasteiger partial charge in [-0.3, -0.25) is 0 Å². The molecule has 22 heavy (non-hydrogen) atoms. The molecule has 2 aromatic heterocycles. The summed E-state index contributed by atoms with van der Waals surface area (Å²) >= 11 is 5.64. The number of carbonyl (C=O) groups excluding carboxylic acids is 1. The van der Waals surface area contributed by atoms with E-state index in [2.05, 4.69) is 20.0 Å². The van der Waals surface area contributed by atoms with Crippen molar-refractivity contribution in [3.63, 3.8) is 0 Å². The molecule has 0 aliphatic carbocycles. The highest BCUT2D eigenvalue weighted by atomic mass is 35.5. The van der Waals surface area contributed by atoms with Gasteiger partial charge in [-0.1, -0.05) is 0 Å². The highest BCUT2D eigenvalue weighted by Gasteiger charge is 2.13. The molecule has 0 aliphatic rings. The molecule has 0 bridgehead atoms. The van der Waals surface area contributed by atoms with E-state index in [-0.39, 0.29) is 16.9 Å². The third-order valence-electron chi connectivity index (χ3n) is 2.88. The minimum Gasteiger partial charge on any atom is -0.463 e. The van der Waals surface area contributed by atoms with Gasteiger partial charge in [0, 0.05) is 11.1 Å². The number of nitrogens with one attached hydrogen (secondary N) is 1. The van der Waals surface area contributed by atoms with Gasteiger partial charge in [0.15, 0.2) is 11.6 Å². The van der Waals surface area contributed by atoms with Gasteiger partial charge in [0.2, 0.25) is 11.0 Å². The molecule has 3 aromatic rings. The maximum Gasteiger partial charge on any atom is 0.373 e. The fraction of sp³-hybridized carbons (Fsp3) is 0.0714. The minimum atomic E-state index is -0.632. The lowest BCUT2D eigenvalue weighted by molar-refractivity contribution is 0.0567. The monoisotopic (exact) mass is 321 g/mol. The number of fused-ring (bicyclic) bond motifs is 1. The Kier molecular flexibility index (Phi) is 3.64. The Bertz CT molecular complexity index is 866. The summed E-state index contributed by atoms with van der Waals surface area (Å²) in [5.41, 5.74) is 1.06. The molecule has 3 rings (SSSR count). The Morgan fingerprint density at radius 1 is 1.41 bits per heavy atom. The first-order valence-corrected chi connectivity index (χ1v) is 6.51. The minimum absolute atomic E-state index is 0.0453. The zero-order chi connectivity index (χ0) is 15.7. The van der Waals surface area contributed by atoms with Crippen LogP contribution < -0.4 is 5.32 Å². The van der Waals surface area contributed by atoms with Crippen molar-refractivity contribution in [2.75, 3.05) is 12.4 Å². The molecule has 2 heterocycles. The first kappa shape index (κ1) is 14.3. The van der Waals surface area contributed by atoms with Crippen LogP contribution in [0, 0.1) is 5.82 Å². The van der Waals surface area contributed by atoms with Gasteiger partial charge in [-0.2, -0.15) is 4.98 Å². The van der Waals surface area contributed by atoms with Crippen LogP contribution in [0.3, 0.4) is 0 Å². The standard InChI is InChI=1S/C14H9ClFN3O3/c1-21-13(20)11-5-7-4-8(2-3-10(7)22-11)18-12-9(16)6-17-14(15)19-12/h2-6H,1H3,(H,17,18,19). The maximum absolute atomic E-state index is 13.6. The molecule has 0 spiro atoms. The summed E-state index contributed by atoms with van der Waals surface area (Å²) in [7, 11) is 1.27. The van der Waals surface area contributed by atoms with Crippen LogP contribution >= 0.6 is 11.6 Å². The first-order chi connectivity index (χ1) is 10.6. The normalized spacial score (nSPS) is 10.7. The van der Waals surface area contributed by atoms with Crippen LogP contribution in [0.25, 0.3) is 11.0 Å². The third-order valence-corrected chi connectivity index (χ3v) is 3.06. The summed E-state index contributed by atoms with van der Waals surface area (Å²) in [5, 5.41) is 3.38. The molecular weight excluding hydrogens is 313 g/mol. The van der Waals surface area contributed by atoms with E-state index >= 15 is 0 Å². The van der Waals surface area contributed by atoms with Crippen LogP contribution in [0.15, 0.2) is 34.9 Å². The van der Waals surface area contributed by atoms with Gasteiger partial charge in [-0.05, 0) is 35.9 Å². The predicted molar refractivity (Wildman–Crippen MR) is 77.8 cm³/mol. The second-order valence-corrected chi connectivity index (χ2v) is 4.65. The van der Waals surface area contributed by atoms with Crippen LogP contribution in [0.2, 0.25) is 5.28 Å². The van der Waals surface area contributed by atoms with Crippen molar-refractivity contribution in [1.82, 2.24) is 9.97 Å². The molecule has 112 valence electrons. The summed E-state index contributed by atoms with van der Waals surface area (Å²) < 4.78 is 23.5.